The van der Waals surface area contributed by atoms with E-state index in [4.69, 9.17) is 17.0 Å². The third kappa shape index (κ3) is 5.45. The van der Waals surface area contributed by atoms with Gasteiger partial charge in [-0.2, -0.15) is 5.10 Å². The Labute approximate surface area is 198 Å². The molecule has 0 unspecified atom stereocenters. The summed E-state index contributed by atoms with van der Waals surface area (Å²) in [7, 11) is 0. The maximum absolute atomic E-state index is 12.7. The molecule has 33 heavy (non-hydrogen) atoms. The highest BCUT2D eigenvalue weighted by Gasteiger charge is 2.22. The van der Waals surface area contributed by atoms with E-state index in [1.165, 1.54) is 0 Å². The minimum Gasteiger partial charge on any atom is -0.462 e. The highest BCUT2D eigenvalue weighted by molar-refractivity contribution is 7.80. The van der Waals surface area contributed by atoms with E-state index in [9.17, 15) is 4.79 Å². The molecule has 166 valence electrons. The van der Waals surface area contributed by atoms with Gasteiger partial charge in [0, 0.05) is 17.6 Å². The van der Waals surface area contributed by atoms with Gasteiger partial charge in [0.2, 0.25) is 0 Å². The Morgan fingerprint density at radius 1 is 0.939 bits per heavy atom. The molecule has 0 atom stereocenters. The zero-order valence-electron chi connectivity index (χ0n) is 18.2. The van der Waals surface area contributed by atoms with Crippen molar-refractivity contribution in [3.05, 3.63) is 108 Å². The number of thiocarbonyl (C=S) groups is 1. The number of benzene rings is 3. The standard InChI is InChI=1S/C26H24N4O2S/c1-2-32-25(31)23-19-29(18-20-12-6-3-7-13-20)28-24(23)27-26(33)30(21-14-8-4-9-15-21)22-16-10-5-11-17-22/h3-17,19H,2,18H2,1H3,(H,27,28,33). The zero-order valence-corrected chi connectivity index (χ0v) is 19.0. The predicted molar refractivity (Wildman–Crippen MR) is 135 cm³/mol. The van der Waals surface area contributed by atoms with Crippen molar-refractivity contribution in [1.29, 1.82) is 0 Å². The fourth-order valence-electron chi connectivity index (χ4n) is 3.42. The number of ether oxygens (including phenoxy) is 1. The molecule has 0 saturated heterocycles. The molecule has 0 saturated carbocycles. The Hall–Kier alpha value is -3.97. The van der Waals surface area contributed by atoms with E-state index in [1.807, 2.05) is 95.9 Å². The lowest BCUT2D eigenvalue weighted by atomic mass is 10.2. The van der Waals surface area contributed by atoms with E-state index in [2.05, 4.69) is 10.4 Å². The molecule has 4 rings (SSSR count). The molecule has 7 heteroatoms. The van der Waals surface area contributed by atoms with Crippen molar-refractivity contribution in [3.63, 3.8) is 0 Å². The Kier molecular flexibility index (Phi) is 7.12. The summed E-state index contributed by atoms with van der Waals surface area (Å²) in [4.78, 5) is 14.6. The van der Waals surface area contributed by atoms with E-state index in [-0.39, 0.29) is 6.61 Å². The Morgan fingerprint density at radius 2 is 1.48 bits per heavy atom. The van der Waals surface area contributed by atoms with E-state index >= 15 is 0 Å². The molecule has 0 radical (unpaired) electrons. The van der Waals surface area contributed by atoms with Crippen molar-refractivity contribution in [2.24, 2.45) is 0 Å². The lowest BCUT2D eigenvalue weighted by Crippen LogP contribution is -2.31. The fraction of sp³-hybridized carbons (Fsp3) is 0.115. The van der Waals surface area contributed by atoms with Gasteiger partial charge in [0.15, 0.2) is 10.9 Å². The summed E-state index contributed by atoms with van der Waals surface area (Å²) in [6, 6.07) is 29.5. The van der Waals surface area contributed by atoms with Crippen molar-refractivity contribution in [1.82, 2.24) is 9.78 Å². The summed E-state index contributed by atoms with van der Waals surface area (Å²) in [5.41, 5.74) is 3.18. The van der Waals surface area contributed by atoms with Gasteiger partial charge >= 0.3 is 5.97 Å². The Morgan fingerprint density at radius 3 is 2.03 bits per heavy atom. The van der Waals surface area contributed by atoms with Crippen LogP contribution in [0, 0.1) is 0 Å². The number of carbonyl (C=O) groups excluding carboxylic acids is 1. The van der Waals surface area contributed by atoms with Gasteiger partial charge in [-0.25, -0.2) is 4.79 Å². The van der Waals surface area contributed by atoms with Gasteiger partial charge in [-0.3, -0.25) is 9.58 Å². The third-order valence-electron chi connectivity index (χ3n) is 4.90. The summed E-state index contributed by atoms with van der Waals surface area (Å²) >= 11 is 5.78. The molecule has 1 heterocycles. The number of carbonyl (C=O) groups is 1. The van der Waals surface area contributed by atoms with Crippen LogP contribution in [0.5, 0.6) is 0 Å². The largest absolute Gasteiger partial charge is 0.462 e. The lowest BCUT2D eigenvalue weighted by Gasteiger charge is -2.25. The van der Waals surface area contributed by atoms with E-state index in [1.54, 1.807) is 17.8 Å². The number of esters is 1. The normalized spacial score (nSPS) is 10.5. The first-order valence-corrected chi connectivity index (χ1v) is 11.1. The summed E-state index contributed by atoms with van der Waals surface area (Å²) in [5, 5.41) is 8.18. The molecule has 0 aliphatic rings. The van der Waals surface area contributed by atoms with Crippen LogP contribution in [0.1, 0.15) is 22.8 Å². The lowest BCUT2D eigenvalue weighted by molar-refractivity contribution is 0.0527. The zero-order chi connectivity index (χ0) is 23.0. The minimum absolute atomic E-state index is 0.271. The summed E-state index contributed by atoms with van der Waals surface area (Å²) in [5.74, 6) is -0.0978. The van der Waals surface area contributed by atoms with Gasteiger partial charge in [0.05, 0.1) is 13.2 Å². The topological polar surface area (TPSA) is 59.4 Å². The second-order valence-corrected chi connectivity index (χ2v) is 7.62. The molecule has 0 spiro atoms. The first kappa shape index (κ1) is 22.2. The first-order valence-electron chi connectivity index (χ1n) is 10.7. The van der Waals surface area contributed by atoms with Crippen molar-refractivity contribution in [2.75, 3.05) is 16.8 Å². The van der Waals surface area contributed by atoms with Gasteiger partial charge in [0.25, 0.3) is 0 Å². The van der Waals surface area contributed by atoms with Crippen LogP contribution in [-0.2, 0) is 11.3 Å². The van der Waals surface area contributed by atoms with Gasteiger partial charge < -0.3 is 10.1 Å². The third-order valence-corrected chi connectivity index (χ3v) is 5.19. The average Bonchev–Trinajstić information content (AvgIpc) is 3.23. The van der Waals surface area contributed by atoms with Crippen LogP contribution in [-0.4, -0.2) is 27.5 Å². The number of anilines is 3. The summed E-state index contributed by atoms with van der Waals surface area (Å²) in [6.07, 6.45) is 1.69. The Bertz CT molecular complexity index is 1170. The number of hydrogen-bond donors (Lipinski definition) is 1. The van der Waals surface area contributed by atoms with Crippen LogP contribution in [0.25, 0.3) is 0 Å². The van der Waals surface area contributed by atoms with Gasteiger partial charge in [-0.05, 0) is 49.0 Å². The molecule has 6 nitrogen and oxygen atoms in total. The fourth-order valence-corrected chi connectivity index (χ4v) is 3.73. The van der Waals surface area contributed by atoms with Gasteiger partial charge in [0.1, 0.15) is 5.56 Å². The molecular formula is C26H24N4O2S. The number of para-hydroxylation sites is 2. The number of nitrogens with zero attached hydrogens (tertiary/aromatic N) is 3. The molecule has 0 bridgehead atoms. The van der Waals surface area contributed by atoms with Crippen LogP contribution in [0.4, 0.5) is 17.2 Å². The van der Waals surface area contributed by atoms with E-state index in [0.717, 1.165) is 16.9 Å². The molecule has 3 aromatic carbocycles. The quantitative estimate of drug-likeness (QED) is 0.287. The van der Waals surface area contributed by atoms with Gasteiger partial charge in [-0.15, -0.1) is 0 Å². The maximum Gasteiger partial charge on any atom is 0.343 e. The summed E-state index contributed by atoms with van der Waals surface area (Å²) < 4.78 is 6.96. The summed E-state index contributed by atoms with van der Waals surface area (Å²) in [6.45, 7) is 2.56. The smallest absolute Gasteiger partial charge is 0.343 e. The van der Waals surface area contributed by atoms with Gasteiger partial charge in [-0.1, -0.05) is 66.7 Å². The van der Waals surface area contributed by atoms with E-state index in [0.29, 0.717) is 23.0 Å². The molecular weight excluding hydrogens is 432 g/mol. The molecule has 4 aromatic rings. The molecule has 1 aromatic heterocycles. The van der Waals surface area contributed by atoms with Crippen LogP contribution >= 0.6 is 12.2 Å². The van der Waals surface area contributed by atoms with Crippen molar-refractivity contribution >= 4 is 40.5 Å². The molecule has 0 amide bonds. The number of rotatable bonds is 7. The number of nitrogens with one attached hydrogen (secondary N) is 1. The Balaban J connectivity index is 1.66. The monoisotopic (exact) mass is 456 g/mol. The van der Waals surface area contributed by atoms with Crippen LogP contribution in [0.15, 0.2) is 97.2 Å². The number of hydrogen-bond acceptors (Lipinski definition) is 4. The average molecular weight is 457 g/mol. The van der Waals surface area contributed by atoms with Crippen LogP contribution < -0.4 is 10.2 Å². The first-order chi connectivity index (χ1) is 16.2. The van der Waals surface area contributed by atoms with E-state index < -0.39 is 5.97 Å². The molecule has 0 aliphatic heterocycles. The van der Waals surface area contributed by atoms with Crippen LogP contribution in [0.2, 0.25) is 0 Å². The molecule has 0 aliphatic carbocycles. The SMILES string of the molecule is CCOC(=O)c1cn(Cc2ccccc2)nc1NC(=S)N(c1ccccc1)c1ccccc1. The minimum atomic E-state index is -0.451. The number of aromatic nitrogens is 2. The second kappa shape index (κ2) is 10.6. The predicted octanol–water partition coefficient (Wildman–Crippen LogP) is 5.64. The van der Waals surface area contributed by atoms with Crippen molar-refractivity contribution in [2.45, 2.75) is 13.5 Å². The maximum atomic E-state index is 12.7. The molecule has 1 N–H and O–H groups in total. The van der Waals surface area contributed by atoms with Crippen molar-refractivity contribution < 1.29 is 9.53 Å². The highest BCUT2D eigenvalue weighted by atomic mass is 32.1. The van der Waals surface area contributed by atoms with Crippen LogP contribution in [0.3, 0.4) is 0 Å². The molecule has 0 fully saturated rings. The highest BCUT2D eigenvalue weighted by Crippen LogP contribution is 2.27. The second-order valence-electron chi connectivity index (χ2n) is 7.23. The van der Waals surface area contributed by atoms with Crippen molar-refractivity contribution in [3.8, 4) is 0 Å².